The van der Waals surface area contributed by atoms with Gasteiger partial charge >= 0.3 is 0 Å². The van der Waals surface area contributed by atoms with Crippen LogP contribution in [0.1, 0.15) is 24.1 Å². The lowest BCUT2D eigenvalue weighted by Crippen LogP contribution is -2.25. The molecule has 0 saturated heterocycles. The van der Waals surface area contributed by atoms with E-state index in [0.29, 0.717) is 6.54 Å². The first-order valence-electron chi connectivity index (χ1n) is 6.59. The van der Waals surface area contributed by atoms with Gasteiger partial charge in [0.05, 0.1) is 13.2 Å². The number of methoxy groups -OCH3 is 1. The van der Waals surface area contributed by atoms with Crippen LogP contribution in [0.4, 0.5) is 8.78 Å². The van der Waals surface area contributed by atoms with Crippen molar-refractivity contribution in [1.82, 2.24) is 5.32 Å². The van der Waals surface area contributed by atoms with Crippen molar-refractivity contribution in [1.29, 1.82) is 0 Å². The van der Waals surface area contributed by atoms with Gasteiger partial charge in [0.1, 0.15) is 17.4 Å². The monoisotopic (exact) mass is 403 g/mol. The molecular weight excluding hydrogens is 387 g/mol. The fraction of sp³-hybridized carbons (Fsp3) is 0.250. The molecule has 1 unspecified atom stereocenters. The van der Waals surface area contributed by atoms with E-state index in [0.717, 1.165) is 9.13 Å². The SMILES string of the molecule is CCNC(c1ccccc1I)c1c(F)cc(OC)cc1F. The Balaban J connectivity index is 2.56. The molecule has 1 atom stereocenters. The maximum Gasteiger partial charge on any atom is 0.134 e. The summed E-state index contributed by atoms with van der Waals surface area (Å²) in [5.41, 5.74) is 0.865. The van der Waals surface area contributed by atoms with E-state index in [1.54, 1.807) is 0 Å². The maximum absolute atomic E-state index is 14.3. The molecule has 2 aromatic rings. The number of benzene rings is 2. The molecule has 0 bridgehead atoms. The number of nitrogens with one attached hydrogen (secondary N) is 1. The predicted molar refractivity (Wildman–Crippen MR) is 87.6 cm³/mol. The molecule has 2 nitrogen and oxygen atoms in total. The average Bonchev–Trinajstić information content (AvgIpc) is 2.46. The molecule has 0 aliphatic carbocycles. The van der Waals surface area contributed by atoms with Crippen LogP contribution in [-0.2, 0) is 0 Å². The van der Waals surface area contributed by atoms with Gasteiger partial charge < -0.3 is 10.1 Å². The van der Waals surface area contributed by atoms with Gasteiger partial charge in [-0.25, -0.2) is 8.78 Å². The maximum atomic E-state index is 14.3. The molecule has 112 valence electrons. The van der Waals surface area contributed by atoms with Crippen molar-refractivity contribution in [3.63, 3.8) is 0 Å². The quantitative estimate of drug-likeness (QED) is 0.753. The number of hydrogen-bond donors (Lipinski definition) is 1. The van der Waals surface area contributed by atoms with Crippen molar-refractivity contribution in [3.8, 4) is 5.75 Å². The highest BCUT2D eigenvalue weighted by atomic mass is 127. The normalized spacial score (nSPS) is 12.2. The van der Waals surface area contributed by atoms with E-state index in [9.17, 15) is 8.78 Å². The van der Waals surface area contributed by atoms with Crippen LogP contribution in [0.2, 0.25) is 0 Å². The van der Waals surface area contributed by atoms with Crippen molar-refractivity contribution in [3.05, 3.63) is 62.7 Å². The summed E-state index contributed by atoms with van der Waals surface area (Å²) in [6, 6.07) is 9.43. The highest BCUT2D eigenvalue weighted by Gasteiger charge is 2.23. The minimum atomic E-state index is -0.613. The van der Waals surface area contributed by atoms with Crippen molar-refractivity contribution >= 4 is 22.6 Å². The molecule has 1 N–H and O–H groups in total. The zero-order chi connectivity index (χ0) is 15.4. The molecule has 0 fully saturated rings. The summed E-state index contributed by atoms with van der Waals surface area (Å²) in [7, 11) is 1.38. The van der Waals surface area contributed by atoms with Crippen LogP contribution >= 0.6 is 22.6 Å². The lowest BCUT2D eigenvalue weighted by Gasteiger charge is -2.21. The third-order valence-corrected chi connectivity index (χ3v) is 4.18. The third-order valence-electron chi connectivity index (χ3n) is 3.20. The molecule has 5 heteroatoms. The summed E-state index contributed by atoms with van der Waals surface area (Å²) >= 11 is 2.17. The minimum Gasteiger partial charge on any atom is -0.497 e. The van der Waals surface area contributed by atoms with Gasteiger partial charge in [-0.05, 0) is 40.8 Å². The van der Waals surface area contributed by atoms with Gasteiger partial charge in [-0.2, -0.15) is 0 Å². The van der Waals surface area contributed by atoms with Crippen molar-refractivity contribution in [2.75, 3.05) is 13.7 Å². The Kier molecular flexibility index (Phi) is 5.52. The van der Waals surface area contributed by atoms with E-state index in [1.165, 1.54) is 19.2 Å². The Morgan fingerprint density at radius 2 is 1.81 bits per heavy atom. The summed E-state index contributed by atoms with van der Waals surface area (Å²) in [5.74, 6) is -1.05. The van der Waals surface area contributed by atoms with Gasteiger partial charge in [-0.15, -0.1) is 0 Å². The van der Waals surface area contributed by atoms with Gasteiger partial charge in [-0.3, -0.25) is 0 Å². The van der Waals surface area contributed by atoms with Crippen LogP contribution in [-0.4, -0.2) is 13.7 Å². The molecule has 0 heterocycles. The number of halogens is 3. The second-order valence-electron chi connectivity index (χ2n) is 4.52. The first-order valence-corrected chi connectivity index (χ1v) is 7.67. The predicted octanol–water partition coefficient (Wildman–Crippen LogP) is 4.28. The molecule has 2 aromatic carbocycles. The largest absolute Gasteiger partial charge is 0.497 e. The third kappa shape index (κ3) is 3.52. The van der Waals surface area contributed by atoms with Gasteiger partial charge in [0.15, 0.2) is 0 Å². The Morgan fingerprint density at radius 3 is 2.33 bits per heavy atom. The summed E-state index contributed by atoms with van der Waals surface area (Å²) in [6.45, 7) is 2.50. The van der Waals surface area contributed by atoms with E-state index in [1.807, 2.05) is 31.2 Å². The van der Waals surface area contributed by atoms with E-state index in [-0.39, 0.29) is 11.3 Å². The molecule has 0 aliphatic rings. The van der Waals surface area contributed by atoms with E-state index >= 15 is 0 Å². The zero-order valence-corrected chi connectivity index (χ0v) is 13.9. The molecule has 21 heavy (non-hydrogen) atoms. The summed E-state index contributed by atoms with van der Waals surface area (Å²) in [4.78, 5) is 0. The number of ether oxygens (including phenoxy) is 1. The molecule has 0 amide bonds. The van der Waals surface area contributed by atoms with Crippen LogP contribution < -0.4 is 10.1 Å². The van der Waals surface area contributed by atoms with Crippen LogP contribution in [0.5, 0.6) is 5.75 Å². The Hall–Kier alpha value is -1.21. The second-order valence-corrected chi connectivity index (χ2v) is 5.68. The smallest absolute Gasteiger partial charge is 0.134 e. The van der Waals surface area contributed by atoms with Crippen LogP contribution in [0.3, 0.4) is 0 Å². The molecule has 0 saturated carbocycles. The standard InChI is InChI=1S/C16H16F2INO/c1-3-20-16(11-6-4-5-7-14(11)19)15-12(17)8-10(21-2)9-13(15)18/h4-9,16,20H,3H2,1-2H3. The molecule has 2 rings (SSSR count). The topological polar surface area (TPSA) is 21.3 Å². The average molecular weight is 403 g/mol. The highest BCUT2D eigenvalue weighted by Crippen LogP contribution is 2.32. The molecule has 0 aromatic heterocycles. The fourth-order valence-electron chi connectivity index (χ4n) is 2.24. The van der Waals surface area contributed by atoms with Crippen LogP contribution in [0.25, 0.3) is 0 Å². The van der Waals surface area contributed by atoms with Crippen molar-refractivity contribution in [2.24, 2.45) is 0 Å². The first-order chi connectivity index (χ1) is 10.1. The molecule has 0 aliphatic heterocycles. The summed E-state index contributed by atoms with van der Waals surface area (Å²) in [6.07, 6.45) is 0. The second kappa shape index (κ2) is 7.17. The molecular formula is C16H16F2INO. The van der Waals surface area contributed by atoms with Gasteiger partial charge in [0.2, 0.25) is 0 Å². The first kappa shape index (κ1) is 16.2. The Bertz CT molecular complexity index is 610. The number of rotatable bonds is 5. The lowest BCUT2D eigenvalue weighted by atomic mass is 9.97. The van der Waals surface area contributed by atoms with Crippen molar-refractivity contribution in [2.45, 2.75) is 13.0 Å². The van der Waals surface area contributed by atoms with Crippen molar-refractivity contribution < 1.29 is 13.5 Å². The number of hydrogen-bond acceptors (Lipinski definition) is 2. The summed E-state index contributed by atoms with van der Waals surface area (Å²) < 4.78 is 34.5. The molecule has 0 spiro atoms. The van der Waals surface area contributed by atoms with Crippen LogP contribution in [0.15, 0.2) is 36.4 Å². The summed E-state index contributed by atoms with van der Waals surface area (Å²) in [5, 5.41) is 3.15. The van der Waals surface area contributed by atoms with E-state index in [4.69, 9.17) is 4.74 Å². The highest BCUT2D eigenvalue weighted by molar-refractivity contribution is 14.1. The minimum absolute atomic E-state index is 0.0155. The Labute approximate surface area is 136 Å². The fourth-order valence-corrected chi connectivity index (χ4v) is 2.93. The molecule has 0 radical (unpaired) electrons. The van der Waals surface area contributed by atoms with E-state index < -0.39 is 17.7 Å². The van der Waals surface area contributed by atoms with Crippen LogP contribution in [0, 0.1) is 15.2 Å². The van der Waals surface area contributed by atoms with Gasteiger partial charge in [0, 0.05) is 21.3 Å². The van der Waals surface area contributed by atoms with E-state index in [2.05, 4.69) is 27.9 Å². The van der Waals surface area contributed by atoms with Gasteiger partial charge in [0.25, 0.3) is 0 Å². The Morgan fingerprint density at radius 1 is 1.19 bits per heavy atom. The van der Waals surface area contributed by atoms with Gasteiger partial charge in [-0.1, -0.05) is 25.1 Å². The lowest BCUT2D eigenvalue weighted by molar-refractivity contribution is 0.403. The zero-order valence-electron chi connectivity index (χ0n) is 11.8.